The summed E-state index contributed by atoms with van der Waals surface area (Å²) in [5.41, 5.74) is 3.24. The monoisotopic (exact) mass is 450 g/mol. The third kappa shape index (κ3) is 4.99. The second-order valence-electron chi connectivity index (χ2n) is 8.12. The van der Waals surface area contributed by atoms with Crippen LogP contribution in [0.25, 0.3) is 11.0 Å². The van der Waals surface area contributed by atoms with Crippen LogP contribution in [0.5, 0.6) is 17.4 Å². The minimum Gasteiger partial charge on any atom is -0.488 e. The van der Waals surface area contributed by atoms with Gasteiger partial charge >= 0.3 is 0 Å². The molecule has 172 valence electrons. The Morgan fingerprint density at radius 3 is 3.00 bits per heavy atom. The molecular weight excluding hydrogens is 424 g/mol. The predicted molar refractivity (Wildman–Crippen MR) is 122 cm³/mol. The molecule has 0 aliphatic carbocycles. The van der Waals surface area contributed by atoms with Gasteiger partial charge in [0.2, 0.25) is 5.88 Å². The van der Waals surface area contributed by atoms with E-state index in [0.29, 0.717) is 42.7 Å². The Morgan fingerprint density at radius 2 is 2.15 bits per heavy atom. The van der Waals surface area contributed by atoms with Crippen molar-refractivity contribution in [1.82, 2.24) is 15.3 Å². The number of aromatic nitrogens is 2. The summed E-state index contributed by atoms with van der Waals surface area (Å²) in [5.74, 6) is 1.78. The van der Waals surface area contributed by atoms with E-state index in [4.69, 9.17) is 18.9 Å². The molecule has 1 amide bonds. The van der Waals surface area contributed by atoms with E-state index in [1.54, 1.807) is 19.4 Å². The number of ether oxygens (including phenoxy) is 4. The van der Waals surface area contributed by atoms with Gasteiger partial charge in [0.25, 0.3) is 5.91 Å². The van der Waals surface area contributed by atoms with E-state index in [1.165, 1.54) is 0 Å². The lowest BCUT2D eigenvalue weighted by Crippen LogP contribution is -2.41. The first-order valence-corrected chi connectivity index (χ1v) is 11.0. The Labute approximate surface area is 191 Å². The lowest BCUT2D eigenvalue weighted by atomic mass is 10.0. The molecule has 2 aliphatic rings. The maximum Gasteiger partial charge on any atom is 0.262 e. The second kappa shape index (κ2) is 9.60. The van der Waals surface area contributed by atoms with Crippen molar-refractivity contribution in [2.24, 2.45) is 0 Å². The average molecular weight is 450 g/mol. The largest absolute Gasteiger partial charge is 0.488 e. The maximum absolute atomic E-state index is 11.5. The zero-order valence-corrected chi connectivity index (χ0v) is 18.4. The molecule has 1 fully saturated rings. The van der Waals surface area contributed by atoms with Gasteiger partial charge < -0.3 is 29.6 Å². The zero-order valence-electron chi connectivity index (χ0n) is 18.4. The molecule has 2 N–H and O–H groups in total. The lowest BCUT2D eigenvalue weighted by molar-refractivity contribution is -0.118. The van der Waals surface area contributed by atoms with Gasteiger partial charge in [0.1, 0.15) is 23.6 Å². The van der Waals surface area contributed by atoms with Crippen LogP contribution >= 0.6 is 0 Å². The summed E-state index contributed by atoms with van der Waals surface area (Å²) < 4.78 is 22.7. The number of fused-ring (bicyclic) bond motifs is 2. The van der Waals surface area contributed by atoms with E-state index < -0.39 is 0 Å². The van der Waals surface area contributed by atoms with Crippen molar-refractivity contribution in [2.45, 2.75) is 31.5 Å². The lowest BCUT2D eigenvalue weighted by Gasteiger charge is -2.30. The highest BCUT2D eigenvalue weighted by Crippen LogP contribution is 2.29. The van der Waals surface area contributed by atoms with E-state index in [9.17, 15) is 4.79 Å². The minimum atomic E-state index is -0.128. The number of carbonyl (C=O) groups excluding carboxylic acids is 1. The molecule has 2 atom stereocenters. The molecule has 3 aromatic rings. The van der Waals surface area contributed by atoms with Crippen LogP contribution in [0.1, 0.15) is 18.4 Å². The standard InChI is InChI=1S/C24H26N4O5/c1-30-23-7-5-18-24(28-23)21(8-9-25-18)32-13-17-4-3-16(12-31-17)26-11-15-2-6-20-19(10-15)27-22(29)14-33-20/h2,5-10,16-17,26H,3-4,11-14H2,1H3,(H,27,29)/t16-,17+/m1/s1. The van der Waals surface area contributed by atoms with Crippen LogP contribution in [0.2, 0.25) is 0 Å². The number of benzene rings is 1. The summed E-state index contributed by atoms with van der Waals surface area (Å²) in [6, 6.07) is 11.6. The van der Waals surface area contributed by atoms with Gasteiger partial charge in [-0.15, -0.1) is 0 Å². The third-order valence-electron chi connectivity index (χ3n) is 5.80. The number of carbonyl (C=O) groups is 1. The molecule has 0 saturated carbocycles. The molecule has 9 nitrogen and oxygen atoms in total. The molecule has 2 aromatic heterocycles. The SMILES string of the molecule is COc1ccc2nccc(OC[C@@H]3CC[C@@H](NCc4ccc5c(c4)NC(=O)CO5)CO3)c2n1. The molecule has 0 unspecified atom stereocenters. The van der Waals surface area contributed by atoms with Crippen molar-refractivity contribution < 1.29 is 23.7 Å². The number of nitrogens with zero attached hydrogens (tertiary/aromatic N) is 2. The van der Waals surface area contributed by atoms with E-state index in [2.05, 4.69) is 20.6 Å². The molecule has 5 rings (SSSR count). The second-order valence-corrected chi connectivity index (χ2v) is 8.12. The Morgan fingerprint density at radius 1 is 1.21 bits per heavy atom. The summed E-state index contributed by atoms with van der Waals surface area (Å²) in [7, 11) is 1.59. The van der Waals surface area contributed by atoms with Crippen molar-refractivity contribution >= 4 is 22.6 Å². The number of amides is 1. The van der Waals surface area contributed by atoms with Gasteiger partial charge in [0.15, 0.2) is 6.61 Å². The molecule has 9 heteroatoms. The maximum atomic E-state index is 11.5. The van der Waals surface area contributed by atoms with Crippen molar-refractivity contribution in [1.29, 1.82) is 0 Å². The number of hydrogen-bond acceptors (Lipinski definition) is 8. The molecule has 0 spiro atoms. The Bertz CT molecular complexity index is 1150. The first-order chi connectivity index (χ1) is 16.2. The predicted octanol–water partition coefficient (Wildman–Crippen LogP) is 2.69. The molecule has 1 saturated heterocycles. The summed E-state index contributed by atoms with van der Waals surface area (Å²) in [5, 5.41) is 6.38. The van der Waals surface area contributed by atoms with Crippen LogP contribution in [0, 0.1) is 0 Å². The van der Waals surface area contributed by atoms with Crippen LogP contribution in [-0.2, 0) is 16.1 Å². The molecule has 33 heavy (non-hydrogen) atoms. The van der Waals surface area contributed by atoms with Crippen molar-refractivity contribution in [2.75, 3.05) is 32.2 Å². The van der Waals surface area contributed by atoms with Gasteiger partial charge in [-0.25, -0.2) is 4.98 Å². The van der Waals surface area contributed by atoms with Crippen molar-refractivity contribution in [3.05, 3.63) is 48.2 Å². The molecule has 0 radical (unpaired) electrons. The van der Waals surface area contributed by atoms with Gasteiger partial charge in [0, 0.05) is 30.9 Å². The highest BCUT2D eigenvalue weighted by Gasteiger charge is 2.23. The highest BCUT2D eigenvalue weighted by molar-refractivity contribution is 5.95. The van der Waals surface area contributed by atoms with E-state index in [0.717, 1.165) is 29.6 Å². The van der Waals surface area contributed by atoms with Gasteiger partial charge in [-0.3, -0.25) is 9.78 Å². The van der Waals surface area contributed by atoms with Crippen LogP contribution in [0.3, 0.4) is 0 Å². The van der Waals surface area contributed by atoms with Gasteiger partial charge in [-0.05, 0) is 36.6 Å². The van der Waals surface area contributed by atoms with Crippen LogP contribution in [0.15, 0.2) is 42.6 Å². The van der Waals surface area contributed by atoms with E-state index in [-0.39, 0.29) is 24.7 Å². The number of nitrogens with one attached hydrogen (secondary N) is 2. The van der Waals surface area contributed by atoms with Gasteiger partial charge in [0.05, 0.1) is 31.0 Å². The summed E-state index contributed by atoms with van der Waals surface area (Å²) in [6.07, 6.45) is 3.62. The smallest absolute Gasteiger partial charge is 0.262 e. The number of rotatable bonds is 7. The minimum absolute atomic E-state index is 0.0213. The quantitative estimate of drug-likeness (QED) is 0.566. The number of hydrogen-bond donors (Lipinski definition) is 2. The molecule has 1 aromatic carbocycles. The summed E-state index contributed by atoms with van der Waals surface area (Å²) in [6.45, 7) is 1.82. The average Bonchev–Trinajstić information content (AvgIpc) is 2.86. The van der Waals surface area contributed by atoms with Gasteiger partial charge in [-0.2, -0.15) is 0 Å². The first-order valence-electron chi connectivity index (χ1n) is 11.0. The molecular formula is C24H26N4O5. The van der Waals surface area contributed by atoms with Crippen molar-refractivity contribution in [3.63, 3.8) is 0 Å². The first kappa shape index (κ1) is 21.4. The summed E-state index contributed by atoms with van der Waals surface area (Å²) >= 11 is 0. The fourth-order valence-corrected chi connectivity index (χ4v) is 4.00. The Hall–Kier alpha value is -3.43. The van der Waals surface area contributed by atoms with Crippen molar-refractivity contribution in [3.8, 4) is 17.4 Å². The fourth-order valence-electron chi connectivity index (χ4n) is 4.00. The van der Waals surface area contributed by atoms with Crippen LogP contribution in [-0.4, -0.2) is 55.0 Å². The third-order valence-corrected chi connectivity index (χ3v) is 5.80. The fraction of sp³-hybridized carbons (Fsp3) is 0.375. The Balaban J connectivity index is 1.11. The number of pyridine rings is 2. The molecule has 2 aliphatic heterocycles. The highest BCUT2D eigenvalue weighted by atomic mass is 16.5. The van der Waals surface area contributed by atoms with E-state index >= 15 is 0 Å². The zero-order chi connectivity index (χ0) is 22.6. The topological polar surface area (TPSA) is 104 Å². The normalized spacial score (nSPS) is 20.0. The van der Waals surface area contributed by atoms with Crippen LogP contribution < -0.4 is 24.8 Å². The van der Waals surface area contributed by atoms with Crippen LogP contribution in [0.4, 0.5) is 5.69 Å². The molecule has 0 bridgehead atoms. The number of methoxy groups -OCH3 is 1. The molecule has 4 heterocycles. The van der Waals surface area contributed by atoms with E-state index in [1.807, 2.05) is 30.3 Å². The number of anilines is 1. The van der Waals surface area contributed by atoms with Gasteiger partial charge in [-0.1, -0.05) is 6.07 Å². The summed E-state index contributed by atoms with van der Waals surface area (Å²) in [4.78, 5) is 20.3. The Kier molecular flexibility index (Phi) is 6.23.